The number of aromatic nitrogens is 1. The van der Waals surface area contributed by atoms with Gasteiger partial charge < -0.3 is 14.5 Å². The molecule has 0 amide bonds. The zero-order valence-corrected chi connectivity index (χ0v) is 10.7. The van der Waals surface area contributed by atoms with Crippen LogP contribution in [-0.2, 0) is 4.74 Å². The Bertz CT molecular complexity index is 608. The molecule has 110 valence electrons. The summed E-state index contributed by atoms with van der Waals surface area (Å²) in [5.41, 5.74) is 0.472. The highest BCUT2D eigenvalue weighted by Crippen LogP contribution is 2.15. The predicted octanol–water partition coefficient (Wildman–Crippen LogP) is 2.66. The summed E-state index contributed by atoms with van der Waals surface area (Å²) >= 11 is 0. The molecule has 0 aliphatic heterocycles. The Hall–Kier alpha value is -2.70. The molecular formula is C14H11F2NO4. The van der Waals surface area contributed by atoms with Gasteiger partial charge in [-0.15, -0.1) is 0 Å². The Morgan fingerprint density at radius 3 is 2.43 bits per heavy atom. The zero-order chi connectivity index (χ0) is 15.2. The molecule has 5 nitrogen and oxygen atoms in total. The molecule has 1 heterocycles. The van der Waals surface area contributed by atoms with Gasteiger partial charge in [0.05, 0.1) is 0 Å². The lowest BCUT2D eigenvalue weighted by atomic mass is 10.1. The molecule has 0 saturated heterocycles. The number of ether oxygens (including phenoxy) is 2. The van der Waals surface area contributed by atoms with E-state index in [-0.39, 0.29) is 17.0 Å². The van der Waals surface area contributed by atoms with Gasteiger partial charge in [0.25, 0.3) is 0 Å². The number of nitrogens with one attached hydrogen (secondary N) is 1. The molecule has 0 bridgehead atoms. The maximum atomic E-state index is 12.0. The molecule has 0 radical (unpaired) electrons. The van der Waals surface area contributed by atoms with Crippen molar-refractivity contribution in [3.63, 3.8) is 0 Å². The topological polar surface area (TPSA) is 68.4 Å². The second-order valence-electron chi connectivity index (χ2n) is 3.99. The summed E-state index contributed by atoms with van der Waals surface area (Å²) in [6.45, 7) is -3.36. The maximum absolute atomic E-state index is 12.0. The van der Waals surface area contributed by atoms with Crippen LogP contribution in [0.5, 0.6) is 5.75 Å². The van der Waals surface area contributed by atoms with Crippen LogP contribution in [0.4, 0.5) is 8.78 Å². The summed E-state index contributed by atoms with van der Waals surface area (Å²) in [4.78, 5) is 25.9. The number of halogens is 2. The van der Waals surface area contributed by atoms with Crippen molar-refractivity contribution in [1.29, 1.82) is 0 Å². The Balaban J connectivity index is 1.90. The van der Waals surface area contributed by atoms with Crippen LogP contribution in [0.25, 0.3) is 0 Å². The fourth-order valence-corrected chi connectivity index (χ4v) is 1.57. The van der Waals surface area contributed by atoms with E-state index in [0.717, 1.165) is 0 Å². The van der Waals surface area contributed by atoms with Crippen LogP contribution in [0, 0.1) is 0 Å². The summed E-state index contributed by atoms with van der Waals surface area (Å²) < 4.78 is 32.9. The summed E-state index contributed by atoms with van der Waals surface area (Å²) in [6, 6.07) is 8.27. The smallest absolute Gasteiger partial charge is 0.387 e. The molecule has 1 aromatic heterocycles. The normalized spacial score (nSPS) is 10.4. The number of benzene rings is 1. The average molecular weight is 295 g/mol. The lowest BCUT2D eigenvalue weighted by molar-refractivity contribution is -0.0498. The molecule has 2 rings (SSSR count). The lowest BCUT2D eigenvalue weighted by Crippen LogP contribution is -2.14. The molecule has 21 heavy (non-hydrogen) atoms. The quantitative estimate of drug-likeness (QED) is 0.657. The van der Waals surface area contributed by atoms with E-state index >= 15 is 0 Å². The van der Waals surface area contributed by atoms with E-state index in [9.17, 15) is 18.4 Å². The fraction of sp³-hybridized carbons (Fsp3) is 0.143. The van der Waals surface area contributed by atoms with Gasteiger partial charge in [-0.3, -0.25) is 4.79 Å². The summed E-state index contributed by atoms with van der Waals surface area (Å²) in [5, 5.41) is 0. The van der Waals surface area contributed by atoms with Crippen LogP contribution in [0.2, 0.25) is 0 Å². The first kappa shape index (κ1) is 14.7. The molecular weight excluding hydrogens is 284 g/mol. The van der Waals surface area contributed by atoms with E-state index in [2.05, 4.69) is 9.72 Å². The van der Waals surface area contributed by atoms with Gasteiger partial charge in [0.1, 0.15) is 11.4 Å². The Kier molecular flexibility index (Phi) is 4.65. The van der Waals surface area contributed by atoms with E-state index in [4.69, 9.17) is 4.74 Å². The van der Waals surface area contributed by atoms with Gasteiger partial charge in [-0.05, 0) is 36.4 Å². The molecule has 0 aliphatic carbocycles. The Morgan fingerprint density at radius 2 is 1.86 bits per heavy atom. The van der Waals surface area contributed by atoms with Gasteiger partial charge in [-0.25, -0.2) is 4.79 Å². The minimum Gasteiger partial charge on any atom is -0.453 e. The standard InChI is InChI=1S/C14H11F2NO4/c15-14(16)21-10-5-3-9(4-6-10)12(18)8-20-13(19)11-2-1-7-17-11/h1-7,14,17H,8H2. The lowest BCUT2D eigenvalue weighted by Gasteiger charge is -2.06. The number of hydrogen-bond acceptors (Lipinski definition) is 4. The predicted molar refractivity (Wildman–Crippen MR) is 68.5 cm³/mol. The molecule has 7 heteroatoms. The highest BCUT2D eigenvalue weighted by atomic mass is 19.3. The fourth-order valence-electron chi connectivity index (χ4n) is 1.57. The van der Waals surface area contributed by atoms with Crippen molar-refractivity contribution in [3.8, 4) is 5.75 Å². The van der Waals surface area contributed by atoms with Gasteiger partial charge in [0.15, 0.2) is 12.4 Å². The minimum atomic E-state index is -2.92. The van der Waals surface area contributed by atoms with Gasteiger partial charge in [-0.2, -0.15) is 8.78 Å². The molecule has 0 spiro atoms. The summed E-state index contributed by atoms with van der Waals surface area (Å²) in [7, 11) is 0. The second kappa shape index (κ2) is 6.65. The third-order valence-electron chi connectivity index (χ3n) is 2.55. The van der Waals surface area contributed by atoms with Gasteiger partial charge in [0.2, 0.25) is 0 Å². The summed E-state index contributed by atoms with van der Waals surface area (Å²) in [6.07, 6.45) is 1.56. The average Bonchev–Trinajstić information content (AvgIpc) is 2.99. The van der Waals surface area contributed by atoms with Crippen molar-refractivity contribution in [2.45, 2.75) is 6.61 Å². The van der Waals surface area contributed by atoms with Gasteiger partial charge in [-0.1, -0.05) is 0 Å². The van der Waals surface area contributed by atoms with E-state index in [1.54, 1.807) is 12.3 Å². The number of esters is 1. The first-order chi connectivity index (χ1) is 10.1. The van der Waals surface area contributed by atoms with Crippen molar-refractivity contribution >= 4 is 11.8 Å². The Morgan fingerprint density at radius 1 is 1.14 bits per heavy atom. The van der Waals surface area contributed by atoms with Crippen molar-refractivity contribution < 1.29 is 27.8 Å². The molecule has 0 atom stereocenters. The third-order valence-corrected chi connectivity index (χ3v) is 2.55. The highest BCUT2D eigenvalue weighted by Gasteiger charge is 2.12. The number of hydrogen-bond donors (Lipinski definition) is 1. The number of alkyl halides is 2. The van der Waals surface area contributed by atoms with Crippen molar-refractivity contribution in [2.24, 2.45) is 0 Å². The van der Waals surface area contributed by atoms with Crippen LogP contribution in [0.3, 0.4) is 0 Å². The van der Waals surface area contributed by atoms with Crippen LogP contribution >= 0.6 is 0 Å². The number of H-pyrrole nitrogens is 1. The first-order valence-electron chi connectivity index (χ1n) is 5.95. The molecule has 1 aromatic carbocycles. The van der Waals surface area contributed by atoms with Crippen molar-refractivity contribution in [3.05, 3.63) is 53.9 Å². The number of ketones is 1. The zero-order valence-electron chi connectivity index (χ0n) is 10.7. The van der Waals surface area contributed by atoms with Crippen LogP contribution in [0.1, 0.15) is 20.8 Å². The maximum Gasteiger partial charge on any atom is 0.387 e. The van der Waals surface area contributed by atoms with E-state index in [1.807, 2.05) is 0 Å². The largest absolute Gasteiger partial charge is 0.453 e. The van der Waals surface area contributed by atoms with Crippen molar-refractivity contribution in [2.75, 3.05) is 6.61 Å². The highest BCUT2D eigenvalue weighted by molar-refractivity contribution is 5.99. The van der Waals surface area contributed by atoms with Gasteiger partial charge >= 0.3 is 12.6 Å². The van der Waals surface area contributed by atoms with Crippen LogP contribution in [0.15, 0.2) is 42.6 Å². The van der Waals surface area contributed by atoms with E-state index in [0.29, 0.717) is 0 Å². The van der Waals surface area contributed by atoms with Crippen LogP contribution < -0.4 is 4.74 Å². The molecule has 0 aliphatic rings. The number of aromatic amines is 1. The number of rotatable bonds is 6. The monoisotopic (exact) mass is 295 g/mol. The molecule has 0 unspecified atom stereocenters. The van der Waals surface area contributed by atoms with Crippen LogP contribution in [-0.4, -0.2) is 30.0 Å². The number of carbonyl (C=O) groups excluding carboxylic acids is 2. The molecule has 0 saturated carbocycles. The second-order valence-corrected chi connectivity index (χ2v) is 3.99. The third kappa shape index (κ3) is 4.13. The first-order valence-corrected chi connectivity index (χ1v) is 5.95. The SMILES string of the molecule is O=C(COC(=O)c1ccc[nH]1)c1ccc(OC(F)F)cc1. The molecule has 2 aromatic rings. The number of Topliss-reactive ketones (excluding diaryl/α,β-unsaturated/α-hetero) is 1. The minimum absolute atomic E-state index is 0.0510. The van der Waals surface area contributed by atoms with Gasteiger partial charge in [0, 0.05) is 11.8 Å². The molecule has 1 N–H and O–H groups in total. The van der Waals surface area contributed by atoms with E-state index < -0.39 is 25.0 Å². The summed E-state index contributed by atoms with van der Waals surface area (Å²) in [5.74, 6) is -1.14. The number of carbonyl (C=O) groups is 2. The van der Waals surface area contributed by atoms with E-state index in [1.165, 1.54) is 30.3 Å². The molecule has 0 fully saturated rings. The van der Waals surface area contributed by atoms with Crippen molar-refractivity contribution in [1.82, 2.24) is 4.98 Å². The Labute approximate surface area is 118 Å².